The van der Waals surface area contributed by atoms with Gasteiger partial charge in [-0.3, -0.25) is 4.79 Å². The van der Waals surface area contributed by atoms with E-state index in [0.717, 1.165) is 12.1 Å². The molecule has 1 aromatic carbocycles. The van der Waals surface area contributed by atoms with E-state index in [1.807, 2.05) is 0 Å². The Morgan fingerprint density at radius 3 is 2.35 bits per heavy atom. The largest absolute Gasteiger partial charge is 0.381 e. The Labute approximate surface area is 152 Å². The second kappa shape index (κ2) is 7.59. The van der Waals surface area contributed by atoms with Gasteiger partial charge in [0, 0.05) is 32.3 Å². The number of rotatable bonds is 4. The summed E-state index contributed by atoms with van der Waals surface area (Å²) in [5, 5.41) is 0. The lowest BCUT2D eigenvalue weighted by atomic mass is 9.89. The minimum atomic E-state index is -3.71. The summed E-state index contributed by atoms with van der Waals surface area (Å²) in [5.74, 6) is -0.569. The predicted molar refractivity (Wildman–Crippen MR) is 93.3 cm³/mol. The zero-order valence-electron chi connectivity index (χ0n) is 14.5. The Morgan fingerprint density at radius 2 is 1.77 bits per heavy atom. The molecule has 1 aromatic rings. The van der Waals surface area contributed by atoms with Gasteiger partial charge in [-0.25, -0.2) is 17.5 Å². The molecule has 0 aliphatic carbocycles. The number of hydrogen-bond donors (Lipinski definition) is 2. The maximum atomic E-state index is 13.0. The van der Waals surface area contributed by atoms with Crippen molar-refractivity contribution >= 4 is 15.9 Å². The second-order valence-corrected chi connectivity index (χ2v) is 8.62. The molecule has 144 valence electrons. The first-order valence-corrected chi connectivity index (χ1v) is 10.2. The Kier molecular flexibility index (Phi) is 5.61. The van der Waals surface area contributed by atoms with E-state index in [9.17, 15) is 17.6 Å². The first kappa shape index (κ1) is 19.2. The fraction of sp³-hybridized carbons (Fsp3) is 0.588. The highest BCUT2D eigenvalue weighted by Crippen LogP contribution is 2.23. The quantitative estimate of drug-likeness (QED) is 0.790. The summed E-state index contributed by atoms with van der Waals surface area (Å²) in [6, 6.07) is 4.44. The van der Waals surface area contributed by atoms with Crippen molar-refractivity contribution in [2.45, 2.75) is 42.2 Å². The number of hydrogen-bond acceptors (Lipinski definition) is 5. The van der Waals surface area contributed by atoms with Crippen molar-refractivity contribution in [3.63, 3.8) is 0 Å². The number of halogens is 1. The van der Waals surface area contributed by atoms with E-state index in [1.54, 1.807) is 4.90 Å². The maximum Gasteiger partial charge on any atom is 0.242 e. The molecule has 1 amide bonds. The van der Waals surface area contributed by atoms with Crippen LogP contribution in [0.5, 0.6) is 0 Å². The zero-order valence-corrected chi connectivity index (χ0v) is 15.3. The lowest BCUT2D eigenvalue weighted by Gasteiger charge is -2.39. The third-order valence-corrected chi connectivity index (χ3v) is 6.58. The lowest BCUT2D eigenvalue weighted by molar-refractivity contribution is -0.141. The highest BCUT2D eigenvalue weighted by molar-refractivity contribution is 7.89. The smallest absolute Gasteiger partial charge is 0.242 e. The predicted octanol–water partition coefficient (Wildman–Crippen LogP) is 0.603. The SMILES string of the molecule is NC1(C(=O)N2CCC(NS(=O)(=O)c3ccc(F)cc3)CC2)CCOCC1. The summed E-state index contributed by atoms with van der Waals surface area (Å²) < 4.78 is 45.6. The number of amides is 1. The summed E-state index contributed by atoms with van der Waals surface area (Å²) in [6.45, 7) is 1.87. The highest BCUT2D eigenvalue weighted by atomic mass is 32.2. The fourth-order valence-corrected chi connectivity index (χ4v) is 4.67. The number of benzene rings is 1. The average Bonchev–Trinajstić information content (AvgIpc) is 2.62. The van der Waals surface area contributed by atoms with Crippen LogP contribution in [0.2, 0.25) is 0 Å². The van der Waals surface area contributed by atoms with E-state index in [0.29, 0.717) is 52.0 Å². The average molecular weight is 385 g/mol. The van der Waals surface area contributed by atoms with E-state index in [-0.39, 0.29) is 16.8 Å². The molecule has 2 fully saturated rings. The van der Waals surface area contributed by atoms with Crippen LogP contribution in [-0.2, 0) is 19.6 Å². The summed E-state index contributed by atoms with van der Waals surface area (Å²) in [5.41, 5.74) is 5.37. The summed E-state index contributed by atoms with van der Waals surface area (Å²) >= 11 is 0. The normalized spacial score (nSPS) is 21.5. The van der Waals surface area contributed by atoms with Crippen LogP contribution in [0.15, 0.2) is 29.2 Å². The van der Waals surface area contributed by atoms with Gasteiger partial charge in [0.25, 0.3) is 0 Å². The minimum Gasteiger partial charge on any atom is -0.381 e. The molecule has 7 nitrogen and oxygen atoms in total. The number of nitrogens with zero attached hydrogens (tertiary/aromatic N) is 1. The van der Waals surface area contributed by atoms with Gasteiger partial charge in [0.2, 0.25) is 15.9 Å². The third kappa shape index (κ3) is 4.22. The van der Waals surface area contributed by atoms with Gasteiger partial charge in [-0.1, -0.05) is 0 Å². The van der Waals surface area contributed by atoms with Crippen LogP contribution in [0, 0.1) is 5.82 Å². The number of sulfonamides is 1. The molecule has 2 saturated heterocycles. The number of carbonyl (C=O) groups excluding carboxylic acids is 1. The fourth-order valence-electron chi connectivity index (χ4n) is 3.37. The number of likely N-dealkylation sites (tertiary alicyclic amines) is 1. The molecule has 2 aliphatic heterocycles. The van der Waals surface area contributed by atoms with Crippen LogP contribution < -0.4 is 10.5 Å². The number of ether oxygens (including phenoxy) is 1. The van der Waals surface area contributed by atoms with Crippen LogP contribution in [0.25, 0.3) is 0 Å². The Balaban J connectivity index is 1.56. The molecular weight excluding hydrogens is 361 g/mol. The van der Waals surface area contributed by atoms with Crippen LogP contribution >= 0.6 is 0 Å². The van der Waals surface area contributed by atoms with Gasteiger partial charge < -0.3 is 15.4 Å². The molecule has 3 N–H and O–H groups in total. The number of piperidine rings is 1. The second-order valence-electron chi connectivity index (χ2n) is 6.91. The van der Waals surface area contributed by atoms with Crippen LogP contribution in [-0.4, -0.2) is 57.1 Å². The number of nitrogens with two attached hydrogens (primary N) is 1. The van der Waals surface area contributed by atoms with Gasteiger partial charge >= 0.3 is 0 Å². The Morgan fingerprint density at radius 1 is 1.19 bits per heavy atom. The minimum absolute atomic E-state index is 0.0283. The van der Waals surface area contributed by atoms with Crippen LogP contribution in [0.1, 0.15) is 25.7 Å². The summed E-state index contributed by atoms with van der Waals surface area (Å²) in [6.07, 6.45) is 2.03. The van der Waals surface area contributed by atoms with Crippen molar-refractivity contribution in [3.8, 4) is 0 Å². The molecule has 0 aromatic heterocycles. The molecule has 0 radical (unpaired) electrons. The Hall–Kier alpha value is -1.55. The molecule has 0 bridgehead atoms. The van der Waals surface area contributed by atoms with Crippen molar-refractivity contribution in [1.82, 2.24) is 9.62 Å². The topological polar surface area (TPSA) is 102 Å². The summed E-state index contributed by atoms with van der Waals surface area (Å²) in [7, 11) is -3.71. The van der Waals surface area contributed by atoms with Crippen molar-refractivity contribution < 1.29 is 22.3 Å². The summed E-state index contributed by atoms with van der Waals surface area (Å²) in [4.78, 5) is 14.4. The van der Waals surface area contributed by atoms with Crippen LogP contribution in [0.4, 0.5) is 4.39 Å². The van der Waals surface area contributed by atoms with Gasteiger partial charge in [-0.15, -0.1) is 0 Å². The van der Waals surface area contributed by atoms with E-state index in [1.165, 1.54) is 12.1 Å². The molecule has 0 unspecified atom stereocenters. The first-order valence-electron chi connectivity index (χ1n) is 8.74. The van der Waals surface area contributed by atoms with Gasteiger partial charge in [-0.05, 0) is 49.9 Å². The molecule has 26 heavy (non-hydrogen) atoms. The van der Waals surface area contributed by atoms with Crippen LogP contribution in [0.3, 0.4) is 0 Å². The third-order valence-electron chi connectivity index (χ3n) is 5.04. The Bertz CT molecular complexity index is 740. The van der Waals surface area contributed by atoms with Gasteiger partial charge in [0.15, 0.2) is 0 Å². The molecule has 2 aliphatic rings. The number of nitrogens with one attached hydrogen (secondary N) is 1. The molecule has 9 heteroatoms. The monoisotopic (exact) mass is 385 g/mol. The standard InChI is InChI=1S/C17H24FN3O4S/c18-13-1-3-15(4-2-13)26(23,24)20-14-5-9-21(10-6-14)16(22)17(19)7-11-25-12-8-17/h1-4,14,20H,5-12,19H2. The van der Waals surface area contributed by atoms with Gasteiger partial charge in [0.05, 0.1) is 10.4 Å². The van der Waals surface area contributed by atoms with E-state index in [4.69, 9.17) is 10.5 Å². The highest BCUT2D eigenvalue weighted by Gasteiger charge is 2.40. The lowest BCUT2D eigenvalue weighted by Crippen LogP contribution is -2.60. The van der Waals surface area contributed by atoms with Crippen molar-refractivity contribution in [2.75, 3.05) is 26.3 Å². The first-order chi connectivity index (χ1) is 12.3. The number of carbonyl (C=O) groups is 1. The van der Waals surface area contributed by atoms with Gasteiger partial charge in [0.1, 0.15) is 5.82 Å². The molecular formula is C17H24FN3O4S. The molecule has 3 rings (SSSR count). The van der Waals surface area contributed by atoms with E-state index >= 15 is 0 Å². The molecule has 2 heterocycles. The van der Waals surface area contributed by atoms with E-state index < -0.39 is 21.4 Å². The molecule has 0 saturated carbocycles. The van der Waals surface area contributed by atoms with Crippen molar-refractivity contribution in [2.24, 2.45) is 5.73 Å². The van der Waals surface area contributed by atoms with Crippen molar-refractivity contribution in [3.05, 3.63) is 30.1 Å². The maximum absolute atomic E-state index is 13.0. The van der Waals surface area contributed by atoms with Gasteiger partial charge in [-0.2, -0.15) is 0 Å². The molecule has 0 spiro atoms. The zero-order chi connectivity index (χ0) is 18.8. The van der Waals surface area contributed by atoms with Crippen molar-refractivity contribution in [1.29, 1.82) is 0 Å². The molecule has 0 atom stereocenters. The van der Waals surface area contributed by atoms with E-state index in [2.05, 4.69) is 4.72 Å².